The zero-order valence-corrected chi connectivity index (χ0v) is 19.9. The topological polar surface area (TPSA) is 40.6 Å². The lowest BCUT2D eigenvalue weighted by Crippen LogP contribution is -2.49. The van der Waals surface area contributed by atoms with Crippen molar-refractivity contribution in [1.82, 2.24) is 9.21 Å². The van der Waals surface area contributed by atoms with E-state index in [0.29, 0.717) is 37.0 Å². The molecule has 0 N–H and O–H groups in total. The van der Waals surface area contributed by atoms with Crippen LogP contribution < -0.4 is 0 Å². The minimum atomic E-state index is -3.52. The molecule has 168 valence electrons. The molecular formula is C27H32N2O2S. The normalized spacial score (nSPS) is 16.0. The Balaban J connectivity index is 1.57. The van der Waals surface area contributed by atoms with Gasteiger partial charge in [-0.1, -0.05) is 86.6 Å². The Kier molecular flexibility index (Phi) is 6.79. The Labute approximate surface area is 192 Å². The number of rotatable bonds is 6. The van der Waals surface area contributed by atoms with Crippen LogP contribution in [-0.4, -0.2) is 43.8 Å². The van der Waals surface area contributed by atoms with E-state index in [9.17, 15) is 8.42 Å². The number of sulfonamides is 1. The maximum atomic E-state index is 13.5. The van der Waals surface area contributed by atoms with Gasteiger partial charge in [0.1, 0.15) is 0 Å². The van der Waals surface area contributed by atoms with Crippen molar-refractivity contribution < 1.29 is 8.42 Å². The largest absolute Gasteiger partial charge is 0.290 e. The average Bonchev–Trinajstić information content (AvgIpc) is 2.81. The smallest absolute Gasteiger partial charge is 0.243 e. The summed E-state index contributed by atoms with van der Waals surface area (Å²) in [5.41, 5.74) is 4.33. The highest BCUT2D eigenvalue weighted by Gasteiger charge is 2.33. The lowest BCUT2D eigenvalue weighted by atomic mass is 9.96. The molecule has 0 unspecified atom stereocenters. The van der Waals surface area contributed by atoms with Gasteiger partial charge in [-0.3, -0.25) is 4.90 Å². The van der Waals surface area contributed by atoms with E-state index in [2.05, 4.69) is 67.3 Å². The van der Waals surface area contributed by atoms with Gasteiger partial charge in [0.15, 0.2) is 0 Å². The van der Waals surface area contributed by atoms with Gasteiger partial charge in [0.05, 0.1) is 10.9 Å². The van der Waals surface area contributed by atoms with E-state index in [1.807, 2.05) is 37.3 Å². The summed E-state index contributed by atoms with van der Waals surface area (Å²) in [6, 6.07) is 26.9. The molecule has 0 atom stereocenters. The predicted molar refractivity (Wildman–Crippen MR) is 130 cm³/mol. The third-order valence-electron chi connectivity index (χ3n) is 6.37. The van der Waals surface area contributed by atoms with Gasteiger partial charge in [-0.25, -0.2) is 8.42 Å². The fraction of sp³-hybridized carbons (Fsp3) is 0.333. The van der Waals surface area contributed by atoms with Gasteiger partial charge in [0.2, 0.25) is 10.0 Å². The maximum absolute atomic E-state index is 13.5. The van der Waals surface area contributed by atoms with Gasteiger partial charge in [-0.15, -0.1) is 0 Å². The number of piperazine rings is 1. The van der Waals surface area contributed by atoms with E-state index in [-0.39, 0.29) is 6.04 Å². The molecule has 1 fully saturated rings. The molecule has 0 radical (unpaired) electrons. The molecule has 1 aliphatic rings. The highest BCUT2D eigenvalue weighted by Crippen LogP contribution is 2.31. The Morgan fingerprint density at radius 2 is 1.25 bits per heavy atom. The molecule has 4 rings (SSSR count). The molecule has 0 spiro atoms. The second-order valence-electron chi connectivity index (χ2n) is 8.84. The Bertz CT molecular complexity index is 1100. The molecule has 0 aliphatic carbocycles. The minimum Gasteiger partial charge on any atom is -0.290 e. The van der Waals surface area contributed by atoms with Crippen molar-refractivity contribution in [3.8, 4) is 0 Å². The second-order valence-corrected chi connectivity index (χ2v) is 10.7. The summed E-state index contributed by atoms with van der Waals surface area (Å²) in [4.78, 5) is 2.84. The summed E-state index contributed by atoms with van der Waals surface area (Å²) in [6.07, 6.45) is 0. The summed E-state index contributed by atoms with van der Waals surface area (Å²) in [5.74, 6) is 0.291. The number of nitrogens with zero attached hydrogens (tertiary/aromatic N) is 2. The molecule has 0 aromatic heterocycles. The van der Waals surface area contributed by atoms with Crippen LogP contribution >= 0.6 is 0 Å². The molecule has 1 saturated heterocycles. The van der Waals surface area contributed by atoms with Crippen LogP contribution in [0.1, 0.15) is 48.1 Å². The molecule has 5 heteroatoms. The van der Waals surface area contributed by atoms with E-state index in [4.69, 9.17) is 0 Å². The summed E-state index contributed by atoms with van der Waals surface area (Å²) in [5, 5.41) is 0. The van der Waals surface area contributed by atoms with Gasteiger partial charge in [-0.2, -0.15) is 4.31 Å². The fourth-order valence-corrected chi connectivity index (χ4v) is 6.16. The van der Waals surface area contributed by atoms with E-state index in [1.54, 1.807) is 4.31 Å². The van der Waals surface area contributed by atoms with Crippen LogP contribution in [0.2, 0.25) is 0 Å². The highest BCUT2D eigenvalue weighted by atomic mass is 32.2. The Hall–Kier alpha value is -2.47. The van der Waals surface area contributed by atoms with Gasteiger partial charge >= 0.3 is 0 Å². The van der Waals surface area contributed by atoms with Crippen LogP contribution in [0.15, 0.2) is 83.8 Å². The molecular weight excluding hydrogens is 416 g/mol. The molecule has 3 aromatic rings. The van der Waals surface area contributed by atoms with E-state index in [0.717, 1.165) is 11.1 Å². The lowest BCUT2D eigenvalue weighted by molar-refractivity contribution is 0.156. The van der Waals surface area contributed by atoms with E-state index in [1.165, 1.54) is 11.1 Å². The quantitative estimate of drug-likeness (QED) is 0.519. The number of hydrogen-bond donors (Lipinski definition) is 0. The third kappa shape index (κ3) is 4.65. The molecule has 32 heavy (non-hydrogen) atoms. The molecule has 4 nitrogen and oxygen atoms in total. The van der Waals surface area contributed by atoms with Crippen LogP contribution in [0.3, 0.4) is 0 Å². The van der Waals surface area contributed by atoms with Gasteiger partial charge in [0, 0.05) is 26.2 Å². The molecule has 0 amide bonds. The Morgan fingerprint density at radius 1 is 0.719 bits per heavy atom. The molecule has 0 saturated carbocycles. The number of benzene rings is 3. The standard InChI is InChI=1S/C27H32N2O2S/c1-21(2)25-15-14-22(3)26(20-25)32(30,31)29-18-16-28(17-19-29)27(23-10-6-4-7-11-23)24-12-8-5-9-13-24/h4-15,20-21,27H,16-19H2,1-3H3. The predicted octanol–water partition coefficient (Wildman–Crippen LogP) is 5.21. The zero-order valence-electron chi connectivity index (χ0n) is 19.1. The average molecular weight is 449 g/mol. The summed E-state index contributed by atoms with van der Waals surface area (Å²) >= 11 is 0. The molecule has 1 aliphatic heterocycles. The van der Waals surface area contributed by atoms with Gasteiger partial charge < -0.3 is 0 Å². The van der Waals surface area contributed by atoms with Gasteiger partial charge in [-0.05, 0) is 41.2 Å². The van der Waals surface area contributed by atoms with E-state index < -0.39 is 10.0 Å². The van der Waals surface area contributed by atoms with Gasteiger partial charge in [0.25, 0.3) is 0 Å². The van der Waals surface area contributed by atoms with Crippen molar-refractivity contribution in [3.63, 3.8) is 0 Å². The first-order chi connectivity index (χ1) is 15.4. The monoisotopic (exact) mass is 448 g/mol. The lowest BCUT2D eigenvalue weighted by Gasteiger charge is -2.39. The molecule has 1 heterocycles. The minimum absolute atomic E-state index is 0.119. The summed E-state index contributed by atoms with van der Waals surface area (Å²) < 4.78 is 28.7. The van der Waals surface area contributed by atoms with Crippen molar-refractivity contribution in [2.24, 2.45) is 0 Å². The first-order valence-corrected chi connectivity index (χ1v) is 12.8. The number of aryl methyl sites for hydroxylation is 1. The van der Waals surface area contributed by atoms with Crippen LogP contribution in [0, 0.1) is 6.92 Å². The van der Waals surface area contributed by atoms with Crippen molar-refractivity contribution in [1.29, 1.82) is 0 Å². The number of hydrogen-bond acceptors (Lipinski definition) is 3. The van der Waals surface area contributed by atoms with Crippen molar-refractivity contribution >= 4 is 10.0 Å². The highest BCUT2D eigenvalue weighted by molar-refractivity contribution is 7.89. The van der Waals surface area contributed by atoms with Crippen LogP contribution in [0.4, 0.5) is 0 Å². The fourth-order valence-electron chi connectivity index (χ4n) is 4.48. The SMILES string of the molecule is Cc1ccc(C(C)C)cc1S(=O)(=O)N1CCN(C(c2ccccc2)c2ccccc2)CC1. The summed E-state index contributed by atoms with van der Waals surface area (Å²) in [6.45, 7) is 8.43. The van der Waals surface area contributed by atoms with Crippen LogP contribution in [0.25, 0.3) is 0 Å². The Morgan fingerprint density at radius 3 is 1.75 bits per heavy atom. The molecule has 3 aromatic carbocycles. The maximum Gasteiger partial charge on any atom is 0.243 e. The van der Waals surface area contributed by atoms with Crippen molar-refractivity contribution in [2.45, 2.75) is 37.6 Å². The first kappa shape index (κ1) is 22.7. The van der Waals surface area contributed by atoms with Crippen molar-refractivity contribution in [2.75, 3.05) is 26.2 Å². The van der Waals surface area contributed by atoms with Crippen LogP contribution in [0.5, 0.6) is 0 Å². The molecule has 0 bridgehead atoms. The summed E-state index contributed by atoms with van der Waals surface area (Å²) in [7, 11) is -3.52. The van der Waals surface area contributed by atoms with Crippen molar-refractivity contribution in [3.05, 3.63) is 101 Å². The third-order valence-corrected chi connectivity index (χ3v) is 8.41. The first-order valence-electron chi connectivity index (χ1n) is 11.3. The second kappa shape index (κ2) is 9.57. The zero-order chi connectivity index (χ0) is 22.7. The van der Waals surface area contributed by atoms with Crippen LogP contribution in [-0.2, 0) is 10.0 Å². The van der Waals surface area contributed by atoms with E-state index >= 15 is 0 Å².